The SMILES string of the molecule is CNC(=O)C#Cc1cc2c(cc1F)/C(=C(/Nc1ccc(CN(C)C)cc1)C1=CCCC=C1)C(=O)N2. The number of benzene rings is 2. The van der Waals surface area contributed by atoms with Crippen molar-refractivity contribution in [2.75, 3.05) is 31.8 Å². The molecule has 178 valence electrons. The summed E-state index contributed by atoms with van der Waals surface area (Å²) in [5.74, 6) is 3.40. The van der Waals surface area contributed by atoms with Gasteiger partial charge < -0.3 is 20.9 Å². The number of amides is 2. The van der Waals surface area contributed by atoms with Gasteiger partial charge in [0.15, 0.2) is 0 Å². The van der Waals surface area contributed by atoms with Crippen molar-refractivity contribution in [1.82, 2.24) is 10.2 Å². The number of anilines is 2. The Kier molecular flexibility index (Phi) is 7.14. The Balaban J connectivity index is 1.77. The second-order valence-electron chi connectivity index (χ2n) is 8.61. The maximum atomic E-state index is 14.9. The van der Waals surface area contributed by atoms with E-state index >= 15 is 0 Å². The van der Waals surface area contributed by atoms with E-state index < -0.39 is 11.7 Å². The standard InChI is InChI=1S/C28H27FN4O2/c1-30-25(34)14-11-20-15-24-22(16-23(20)29)26(28(35)32-24)27(19-7-5-4-6-8-19)31-21-12-9-18(10-13-21)17-33(2)3/h5,7-10,12-13,15-16,31H,4,6,17H2,1-3H3,(H,30,34)(H,32,35)/b27-26-. The van der Waals surface area contributed by atoms with Crippen LogP contribution in [0.15, 0.2) is 65.9 Å². The summed E-state index contributed by atoms with van der Waals surface area (Å²) in [5.41, 5.74) is 4.78. The average molecular weight is 471 g/mol. The molecule has 2 aliphatic rings. The van der Waals surface area contributed by atoms with Crippen LogP contribution in [0.4, 0.5) is 15.8 Å². The van der Waals surface area contributed by atoms with E-state index in [1.165, 1.54) is 24.7 Å². The van der Waals surface area contributed by atoms with Gasteiger partial charge in [-0.3, -0.25) is 9.59 Å². The van der Waals surface area contributed by atoms with Gasteiger partial charge in [-0.05, 0) is 62.3 Å². The molecule has 2 aromatic carbocycles. The molecule has 0 aromatic heterocycles. The Morgan fingerprint density at radius 1 is 1.17 bits per heavy atom. The second-order valence-corrected chi connectivity index (χ2v) is 8.61. The highest BCUT2D eigenvalue weighted by molar-refractivity contribution is 6.33. The molecule has 0 radical (unpaired) electrons. The summed E-state index contributed by atoms with van der Waals surface area (Å²) < 4.78 is 14.9. The molecule has 1 heterocycles. The number of rotatable bonds is 5. The summed E-state index contributed by atoms with van der Waals surface area (Å²) in [6.45, 7) is 0.822. The Bertz CT molecular complexity index is 1330. The predicted molar refractivity (Wildman–Crippen MR) is 137 cm³/mol. The van der Waals surface area contributed by atoms with Crippen molar-refractivity contribution in [1.29, 1.82) is 0 Å². The van der Waals surface area contributed by atoms with Crippen LogP contribution in [0.2, 0.25) is 0 Å². The Morgan fingerprint density at radius 2 is 1.94 bits per heavy atom. The van der Waals surface area contributed by atoms with Crippen LogP contribution < -0.4 is 16.0 Å². The molecule has 6 nitrogen and oxygen atoms in total. The predicted octanol–water partition coefficient (Wildman–Crippen LogP) is 4.04. The largest absolute Gasteiger partial charge is 0.354 e. The molecule has 0 saturated carbocycles. The first-order valence-corrected chi connectivity index (χ1v) is 11.4. The molecule has 2 aromatic rings. The topological polar surface area (TPSA) is 73.5 Å². The molecule has 0 atom stereocenters. The van der Waals surface area contributed by atoms with Crippen LogP contribution >= 0.6 is 0 Å². The first-order valence-electron chi connectivity index (χ1n) is 11.4. The molecule has 35 heavy (non-hydrogen) atoms. The summed E-state index contributed by atoms with van der Waals surface area (Å²) in [6, 6.07) is 10.8. The Morgan fingerprint density at radius 3 is 2.60 bits per heavy atom. The quantitative estimate of drug-likeness (QED) is 0.456. The van der Waals surface area contributed by atoms with Crippen LogP contribution in [0.25, 0.3) is 5.57 Å². The monoisotopic (exact) mass is 470 g/mol. The van der Waals surface area contributed by atoms with Crippen molar-refractivity contribution in [3.8, 4) is 11.8 Å². The van der Waals surface area contributed by atoms with E-state index in [1.54, 1.807) is 0 Å². The molecule has 0 unspecified atom stereocenters. The van der Waals surface area contributed by atoms with Crippen molar-refractivity contribution >= 4 is 28.8 Å². The van der Waals surface area contributed by atoms with Crippen molar-refractivity contribution in [2.24, 2.45) is 0 Å². The number of hydrogen-bond acceptors (Lipinski definition) is 4. The second kappa shape index (κ2) is 10.4. The summed E-state index contributed by atoms with van der Waals surface area (Å²) >= 11 is 0. The fourth-order valence-electron chi connectivity index (χ4n) is 4.00. The van der Waals surface area contributed by atoms with Gasteiger partial charge in [0, 0.05) is 30.8 Å². The van der Waals surface area contributed by atoms with Crippen LogP contribution in [0.3, 0.4) is 0 Å². The van der Waals surface area contributed by atoms with Gasteiger partial charge in [0.05, 0.1) is 22.5 Å². The number of carbonyl (C=O) groups is 2. The minimum Gasteiger partial charge on any atom is -0.354 e. The van der Waals surface area contributed by atoms with E-state index in [2.05, 4.69) is 44.8 Å². The molecule has 0 spiro atoms. The lowest BCUT2D eigenvalue weighted by Gasteiger charge is -2.18. The Labute approximate surface area is 204 Å². The first kappa shape index (κ1) is 24.0. The lowest BCUT2D eigenvalue weighted by atomic mass is 9.96. The fraction of sp³-hybridized carbons (Fsp3) is 0.214. The molecule has 0 fully saturated rings. The van der Waals surface area contributed by atoms with E-state index in [0.29, 0.717) is 22.5 Å². The zero-order valence-corrected chi connectivity index (χ0v) is 20.0. The van der Waals surface area contributed by atoms with Gasteiger partial charge in [0.25, 0.3) is 11.8 Å². The van der Waals surface area contributed by atoms with Gasteiger partial charge in [0.1, 0.15) is 5.82 Å². The van der Waals surface area contributed by atoms with Gasteiger partial charge >= 0.3 is 0 Å². The van der Waals surface area contributed by atoms with Gasteiger partial charge in [-0.2, -0.15) is 0 Å². The third-order valence-electron chi connectivity index (χ3n) is 5.65. The average Bonchev–Trinajstić information content (AvgIpc) is 3.16. The molecular weight excluding hydrogens is 443 g/mol. The van der Waals surface area contributed by atoms with Crippen molar-refractivity contribution in [3.63, 3.8) is 0 Å². The van der Waals surface area contributed by atoms with Crippen LogP contribution in [0.5, 0.6) is 0 Å². The van der Waals surface area contributed by atoms with Gasteiger partial charge in [0.2, 0.25) is 0 Å². The highest BCUT2D eigenvalue weighted by Crippen LogP contribution is 2.38. The number of hydrogen-bond donors (Lipinski definition) is 3. The van der Waals surface area contributed by atoms with E-state index in [1.807, 2.05) is 44.4 Å². The summed E-state index contributed by atoms with van der Waals surface area (Å²) in [4.78, 5) is 26.7. The van der Waals surface area contributed by atoms with E-state index in [9.17, 15) is 14.0 Å². The lowest BCUT2D eigenvalue weighted by Crippen LogP contribution is -2.14. The lowest BCUT2D eigenvalue weighted by molar-refractivity contribution is -0.115. The maximum Gasteiger partial charge on any atom is 0.295 e. The highest BCUT2D eigenvalue weighted by Gasteiger charge is 2.30. The third kappa shape index (κ3) is 5.51. The molecule has 3 N–H and O–H groups in total. The fourth-order valence-corrected chi connectivity index (χ4v) is 4.00. The van der Waals surface area contributed by atoms with Crippen LogP contribution in [0.1, 0.15) is 29.5 Å². The van der Waals surface area contributed by atoms with Crippen LogP contribution in [0, 0.1) is 17.7 Å². The number of halogens is 1. The molecule has 0 bridgehead atoms. The van der Waals surface area contributed by atoms with Crippen LogP contribution in [-0.2, 0) is 16.1 Å². The van der Waals surface area contributed by atoms with E-state index in [0.717, 1.165) is 30.6 Å². The highest BCUT2D eigenvalue weighted by atomic mass is 19.1. The molecule has 7 heteroatoms. The summed E-state index contributed by atoms with van der Waals surface area (Å²) in [7, 11) is 5.48. The molecule has 1 aliphatic carbocycles. The summed E-state index contributed by atoms with van der Waals surface area (Å²) in [5, 5.41) is 8.60. The Hall–Kier alpha value is -4.15. The zero-order chi connectivity index (χ0) is 24.9. The molecule has 1 aliphatic heterocycles. The zero-order valence-electron chi connectivity index (χ0n) is 20.0. The van der Waals surface area contributed by atoms with Gasteiger partial charge in [-0.25, -0.2) is 4.39 Å². The van der Waals surface area contributed by atoms with E-state index in [4.69, 9.17) is 0 Å². The summed E-state index contributed by atoms with van der Waals surface area (Å²) in [6.07, 6.45) is 7.88. The minimum atomic E-state index is -0.602. The molecular formula is C28H27FN4O2. The van der Waals surface area contributed by atoms with Crippen LogP contribution in [-0.4, -0.2) is 37.9 Å². The number of carbonyl (C=O) groups excluding carboxylic acids is 2. The van der Waals surface area contributed by atoms with Gasteiger partial charge in [-0.1, -0.05) is 36.3 Å². The molecule has 0 saturated heterocycles. The third-order valence-corrected chi connectivity index (χ3v) is 5.65. The van der Waals surface area contributed by atoms with Gasteiger partial charge in [-0.15, -0.1) is 0 Å². The number of nitrogens with one attached hydrogen (secondary N) is 3. The first-order chi connectivity index (χ1) is 16.9. The van der Waals surface area contributed by atoms with Crippen molar-refractivity contribution in [2.45, 2.75) is 19.4 Å². The molecule has 2 amide bonds. The minimum absolute atomic E-state index is 0.0386. The smallest absolute Gasteiger partial charge is 0.295 e. The number of fused-ring (bicyclic) bond motifs is 1. The molecule has 4 rings (SSSR count). The number of nitrogens with zero attached hydrogens (tertiary/aromatic N) is 1. The van der Waals surface area contributed by atoms with Crippen molar-refractivity contribution in [3.05, 3.63) is 88.4 Å². The van der Waals surface area contributed by atoms with E-state index in [-0.39, 0.29) is 11.5 Å². The van der Waals surface area contributed by atoms with Crippen molar-refractivity contribution < 1.29 is 14.0 Å². The number of allylic oxidation sites excluding steroid dienone is 3. The normalized spacial score (nSPS) is 15.6. The maximum absolute atomic E-state index is 14.9.